The molecule has 1 aliphatic heterocycles. The Morgan fingerprint density at radius 2 is 1.80 bits per heavy atom. The number of rotatable bonds is 4. The van der Waals surface area contributed by atoms with Crippen molar-refractivity contribution in [3.63, 3.8) is 0 Å². The second-order valence-electron chi connectivity index (χ2n) is 7.80. The molecule has 1 heterocycles. The summed E-state index contributed by atoms with van der Waals surface area (Å²) in [7, 11) is 0. The molecule has 1 aliphatic carbocycles. The van der Waals surface area contributed by atoms with Crippen LogP contribution in [0.3, 0.4) is 0 Å². The zero-order valence-electron chi connectivity index (χ0n) is 15.5. The Hall–Kier alpha value is -1.84. The van der Waals surface area contributed by atoms with Crippen LogP contribution in [0.25, 0.3) is 0 Å². The van der Waals surface area contributed by atoms with Gasteiger partial charge in [-0.15, -0.1) is 0 Å². The molecule has 2 fully saturated rings. The lowest BCUT2D eigenvalue weighted by atomic mass is 9.75. The van der Waals surface area contributed by atoms with E-state index in [4.69, 9.17) is 0 Å². The minimum absolute atomic E-state index is 0.0932. The van der Waals surface area contributed by atoms with Crippen LogP contribution in [0.4, 0.5) is 0 Å². The van der Waals surface area contributed by atoms with Gasteiger partial charge in [-0.25, -0.2) is 0 Å². The van der Waals surface area contributed by atoms with Crippen molar-refractivity contribution in [2.24, 2.45) is 11.8 Å². The van der Waals surface area contributed by atoms with Gasteiger partial charge in [-0.2, -0.15) is 0 Å². The Morgan fingerprint density at radius 1 is 1.12 bits per heavy atom. The van der Waals surface area contributed by atoms with Gasteiger partial charge < -0.3 is 10.2 Å². The largest absolute Gasteiger partial charge is 0.349 e. The zero-order valence-corrected chi connectivity index (χ0v) is 15.5. The Labute approximate surface area is 151 Å². The molecule has 1 aromatic rings. The summed E-state index contributed by atoms with van der Waals surface area (Å²) in [5, 5.41) is 2.96. The number of aryl methyl sites for hydroxylation is 1. The van der Waals surface area contributed by atoms with Gasteiger partial charge in [-0.3, -0.25) is 9.59 Å². The first kappa shape index (κ1) is 18.0. The van der Waals surface area contributed by atoms with Gasteiger partial charge in [-0.05, 0) is 37.2 Å². The van der Waals surface area contributed by atoms with Gasteiger partial charge in [0.15, 0.2) is 0 Å². The molecule has 3 rings (SSSR count). The fourth-order valence-electron chi connectivity index (χ4n) is 4.43. The van der Waals surface area contributed by atoms with Crippen LogP contribution in [0, 0.1) is 18.8 Å². The van der Waals surface area contributed by atoms with Crippen molar-refractivity contribution in [3.05, 3.63) is 35.4 Å². The van der Waals surface area contributed by atoms with E-state index in [0.29, 0.717) is 12.3 Å². The van der Waals surface area contributed by atoms with Crippen LogP contribution in [0.15, 0.2) is 24.3 Å². The zero-order chi connectivity index (χ0) is 17.8. The predicted molar refractivity (Wildman–Crippen MR) is 99.0 cm³/mol. The molecule has 3 atom stereocenters. The summed E-state index contributed by atoms with van der Waals surface area (Å²) in [5.41, 5.74) is 2.18. The molecule has 2 amide bonds. The molecule has 25 heavy (non-hydrogen) atoms. The standard InChI is InChI=1S/C21H30N2O2/c1-15-7-9-18(10-8-15)20(22-16(2)24)13-21(25)23-12-11-17-5-3-4-6-19(17)14-23/h7-10,17,19-20H,3-6,11-14H2,1-2H3,(H,22,24)/t17-,19-,20+/m0/s1. The summed E-state index contributed by atoms with van der Waals surface area (Å²) in [5.74, 6) is 1.58. The number of nitrogens with zero attached hydrogens (tertiary/aromatic N) is 1. The lowest BCUT2D eigenvalue weighted by molar-refractivity contribution is -0.135. The predicted octanol–water partition coefficient (Wildman–Crippen LogP) is 3.60. The summed E-state index contributed by atoms with van der Waals surface area (Å²) >= 11 is 0. The van der Waals surface area contributed by atoms with Crippen LogP contribution in [0.1, 0.15) is 62.6 Å². The lowest BCUT2D eigenvalue weighted by Crippen LogP contribution is -2.45. The first-order valence-electron chi connectivity index (χ1n) is 9.64. The molecule has 136 valence electrons. The van der Waals surface area contributed by atoms with Crippen molar-refractivity contribution in [2.45, 2.75) is 58.4 Å². The van der Waals surface area contributed by atoms with Crippen LogP contribution in [-0.2, 0) is 9.59 Å². The van der Waals surface area contributed by atoms with E-state index < -0.39 is 0 Å². The molecule has 0 radical (unpaired) electrons. The van der Waals surface area contributed by atoms with Gasteiger partial charge in [0, 0.05) is 20.0 Å². The van der Waals surface area contributed by atoms with Gasteiger partial charge in [0.25, 0.3) is 0 Å². The number of nitrogens with one attached hydrogen (secondary N) is 1. The molecule has 1 N–H and O–H groups in total. The molecule has 4 nitrogen and oxygen atoms in total. The molecule has 0 spiro atoms. The summed E-state index contributed by atoms with van der Waals surface area (Å²) in [4.78, 5) is 26.5. The minimum Gasteiger partial charge on any atom is -0.349 e. The first-order valence-corrected chi connectivity index (χ1v) is 9.64. The number of hydrogen-bond donors (Lipinski definition) is 1. The van der Waals surface area contributed by atoms with Crippen LogP contribution >= 0.6 is 0 Å². The maximum atomic E-state index is 12.9. The summed E-state index contributed by atoms with van der Waals surface area (Å²) in [6.07, 6.45) is 6.76. The Balaban J connectivity index is 1.65. The lowest BCUT2D eigenvalue weighted by Gasteiger charge is -2.41. The number of piperidine rings is 1. The fraction of sp³-hybridized carbons (Fsp3) is 0.619. The highest BCUT2D eigenvalue weighted by Crippen LogP contribution is 2.36. The summed E-state index contributed by atoms with van der Waals surface area (Å²) < 4.78 is 0. The monoisotopic (exact) mass is 342 g/mol. The van der Waals surface area contributed by atoms with Gasteiger partial charge in [0.2, 0.25) is 11.8 Å². The van der Waals surface area contributed by atoms with Crippen LogP contribution in [-0.4, -0.2) is 29.8 Å². The number of carbonyl (C=O) groups is 2. The van der Waals surface area contributed by atoms with E-state index in [-0.39, 0.29) is 17.9 Å². The highest BCUT2D eigenvalue weighted by atomic mass is 16.2. The molecular formula is C21H30N2O2. The minimum atomic E-state index is -0.241. The Morgan fingerprint density at radius 3 is 2.48 bits per heavy atom. The third-order valence-electron chi connectivity index (χ3n) is 5.88. The number of benzene rings is 1. The van der Waals surface area contributed by atoms with E-state index in [1.165, 1.54) is 38.2 Å². The Kier molecular flexibility index (Phi) is 5.77. The smallest absolute Gasteiger partial charge is 0.224 e. The van der Waals surface area contributed by atoms with E-state index in [9.17, 15) is 9.59 Å². The van der Waals surface area contributed by atoms with E-state index in [0.717, 1.165) is 31.0 Å². The second kappa shape index (κ2) is 8.03. The van der Waals surface area contributed by atoms with Crippen LogP contribution < -0.4 is 5.32 Å². The van der Waals surface area contributed by atoms with E-state index in [2.05, 4.69) is 5.32 Å². The van der Waals surface area contributed by atoms with Crippen LogP contribution in [0.2, 0.25) is 0 Å². The number of amides is 2. The molecule has 4 heteroatoms. The number of hydrogen-bond acceptors (Lipinski definition) is 2. The maximum Gasteiger partial charge on any atom is 0.224 e. The molecular weight excluding hydrogens is 312 g/mol. The van der Waals surface area contributed by atoms with E-state index in [1.54, 1.807) is 0 Å². The summed E-state index contributed by atoms with van der Waals surface area (Å²) in [6.45, 7) is 5.33. The van der Waals surface area contributed by atoms with Crippen molar-refractivity contribution >= 4 is 11.8 Å². The SMILES string of the molecule is CC(=O)N[C@H](CC(=O)N1CC[C@@H]2CCCC[C@H]2C1)c1ccc(C)cc1. The normalized spacial score (nSPS) is 24.3. The molecule has 2 aliphatic rings. The van der Waals surface area contributed by atoms with Crippen LogP contribution in [0.5, 0.6) is 0 Å². The number of fused-ring (bicyclic) bond motifs is 1. The average molecular weight is 342 g/mol. The van der Waals surface area contributed by atoms with Gasteiger partial charge in [0.1, 0.15) is 0 Å². The molecule has 1 saturated heterocycles. The number of carbonyl (C=O) groups excluding carboxylic acids is 2. The number of likely N-dealkylation sites (tertiary alicyclic amines) is 1. The van der Waals surface area contributed by atoms with Gasteiger partial charge in [0.05, 0.1) is 12.5 Å². The van der Waals surface area contributed by atoms with Crippen molar-refractivity contribution in [1.29, 1.82) is 0 Å². The van der Waals surface area contributed by atoms with Crippen molar-refractivity contribution in [3.8, 4) is 0 Å². The highest BCUT2D eigenvalue weighted by molar-refractivity contribution is 5.79. The van der Waals surface area contributed by atoms with Crippen molar-refractivity contribution in [2.75, 3.05) is 13.1 Å². The molecule has 0 aromatic heterocycles. The second-order valence-corrected chi connectivity index (χ2v) is 7.80. The first-order chi connectivity index (χ1) is 12.0. The van der Waals surface area contributed by atoms with E-state index in [1.807, 2.05) is 36.1 Å². The van der Waals surface area contributed by atoms with Gasteiger partial charge in [-0.1, -0.05) is 49.1 Å². The molecule has 0 unspecified atom stereocenters. The van der Waals surface area contributed by atoms with Gasteiger partial charge >= 0.3 is 0 Å². The molecule has 1 aromatic carbocycles. The summed E-state index contributed by atoms with van der Waals surface area (Å²) in [6, 6.07) is 7.84. The van der Waals surface area contributed by atoms with Crippen molar-refractivity contribution in [1.82, 2.24) is 10.2 Å². The van der Waals surface area contributed by atoms with Crippen molar-refractivity contribution < 1.29 is 9.59 Å². The maximum absolute atomic E-state index is 12.9. The fourth-order valence-corrected chi connectivity index (χ4v) is 4.43. The topological polar surface area (TPSA) is 49.4 Å². The van der Waals surface area contributed by atoms with E-state index >= 15 is 0 Å². The molecule has 1 saturated carbocycles. The quantitative estimate of drug-likeness (QED) is 0.909. The Bertz CT molecular complexity index is 611. The third-order valence-corrected chi connectivity index (χ3v) is 5.88. The molecule has 0 bridgehead atoms. The highest BCUT2D eigenvalue weighted by Gasteiger charge is 2.33. The average Bonchev–Trinajstić information content (AvgIpc) is 2.61. The third kappa shape index (κ3) is 4.62.